The van der Waals surface area contributed by atoms with Gasteiger partial charge in [0, 0.05) is 18.7 Å². The summed E-state index contributed by atoms with van der Waals surface area (Å²) in [6, 6.07) is 14.2. The van der Waals surface area contributed by atoms with Gasteiger partial charge in [-0.3, -0.25) is 0 Å². The van der Waals surface area contributed by atoms with Crippen LogP contribution < -0.4 is 14.8 Å². The van der Waals surface area contributed by atoms with Gasteiger partial charge in [0.05, 0.1) is 7.11 Å². The minimum Gasteiger partial charge on any atom is -0.496 e. The third kappa shape index (κ3) is 5.83. The molecule has 0 amide bonds. The largest absolute Gasteiger partial charge is 0.496 e. The van der Waals surface area contributed by atoms with Gasteiger partial charge in [-0.1, -0.05) is 30.3 Å². The maximum Gasteiger partial charge on any atom is 0.422 e. The molecule has 1 N–H and O–H groups in total. The Kier molecular flexibility index (Phi) is 5.87. The van der Waals surface area contributed by atoms with E-state index in [4.69, 9.17) is 4.74 Å². The first kappa shape index (κ1) is 17.1. The maximum absolute atomic E-state index is 12.1. The van der Waals surface area contributed by atoms with E-state index in [1.165, 1.54) is 12.1 Å². The molecule has 0 bridgehead atoms. The molecule has 0 aliphatic carbocycles. The fourth-order valence-corrected chi connectivity index (χ4v) is 2.06. The highest BCUT2D eigenvalue weighted by atomic mass is 19.4. The molecule has 0 fully saturated rings. The van der Waals surface area contributed by atoms with Crippen LogP contribution in [0.2, 0.25) is 0 Å². The van der Waals surface area contributed by atoms with E-state index in [0.717, 1.165) is 16.9 Å². The zero-order valence-corrected chi connectivity index (χ0v) is 12.7. The predicted molar refractivity (Wildman–Crippen MR) is 81.5 cm³/mol. The number of benzene rings is 2. The van der Waals surface area contributed by atoms with Crippen molar-refractivity contribution in [1.82, 2.24) is 5.32 Å². The molecule has 6 heteroatoms. The number of methoxy groups -OCH3 is 1. The highest BCUT2D eigenvalue weighted by Gasteiger charge is 2.28. The summed E-state index contributed by atoms with van der Waals surface area (Å²) in [6.45, 7) is -0.0493. The van der Waals surface area contributed by atoms with E-state index < -0.39 is 12.8 Å². The molecule has 23 heavy (non-hydrogen) atoms. The van der Waals surface area contributed by atoms with Crippen LogP contribution in [0.1, 0.15) is 11.1 Å². The minimum absolute atomic E-state index is 0.204. The molecule has 0 unspecified atom stereocenters. The van der Waals surface area contributed by atoms with Crippen molar-refractivity contribution in [2.45, 2.75) is 19.3 Å². The van der Waals surface area contributed by atoms with Crippen LogP contribution in [0.5, 0.6) is 11.5 Å². The zero-order valence-electron chi connectivity index (χ0n) is 12.7. The Hall–Kier alpha value is -2.21. The number of hydrogen-bond acceptors (Lipinski definition) is 3. The molecule has 0 spiro atoms. The molecule has 2 rings (SSSR count). The highest BCUT2D eigenvalue weighted by Crippen LogP contribution is 2.19. The number of nitrogens with one attached hydrogen (secondary N) is 1. The van der Waals surface area contributed by atoms with E-state index in [9.17, 15) is 13.2 Å². The summed E-state index contributed by atoms with van der Waals surface area (Å²) >= 11 is 0. The van der Waals surface area contributed by atoms with E-state index in [2.05, 4.69) is 10.1 Å². The normalized spacial score (nSPS) is 11.3. The lowest BCUT2D eigenvalue weighted by Crippen LogP contribution is -2.19. The van der Waals surface area contributed by atoms with E-state index >= 15 is 0 Å². The smallest absolute Gasteiger partial charge is 0.422 e. The van der Waals surface area contributed by atoms with Gasteiger partial charge in [-0.25, -0.2) is 0 Å². The molecule has 0 saturated heterocycles. The van der Waals surface area contributed by atoms with Crippen LogP contribution in [-0.4, -0.2) is 19.9 Å². The van der Waals surface area contributed by atoms with Gasteiger partial charge in [0.2, 0.25) is 0 Å². The quantitative estimate of drug-likeness (QED) is 0.837. The summed E-state index contributed by atoms with van der Waals surface area (Å²) in [5, 5.41) is 3.27. The Morgan fingerprint density at radius 2 is 1.65 bits per heavy atom. The van der Waals surface area contributed by atoms with Gasteiger partial charge in [0.15, 0.2) is 6.61 Å². The average molecular weight is 325 g/mol. The molecule has 0 saturated carbocycles. The summed E-state index contributed by atoms with van der Waals surface area (Å²) < 4.78 is 46.1. The van der Waals surface area contributed by atoms with Gasteiger partial charge in [-0.15, -0.1) is 0 Å². The predicted octanol–water partition coefficient (Wildman–Crippen LogP) is 3.93. The van der Waals surface area contributed by atoms with Crippen molar-refractivity contribution in [2.75, 3.05) is 13.7 Å². The van der Waals surface area contributed by atoms with Gasteiger partial charge in [0.1, 0.15) is 11.5 Å². The number of rotatable bonds is 7. The van der Waals surface area contributed by atoms with Crippen LogP contribution in [0, 0.1) is 0 Å². The maximum atomic E-state index is 12.1. The molecule has 124 valence electrons. The summed E-state index contributed by atoms with van der Waals surface area (Å²) in [7, 11) is 1.62. The fourth-order valence-electron chi connectivity index (χ4n) is 2.06. The van der Waals surface area contributed by atoms with Crippen LogP contribution in [0.25, 0.3) is 0 Å². The summed E-state index contributed by atoms with van der Waals surface area (Å²) in [5.41, 5.74) is 2.00. The Bertz CT molecular complexity index is 612. The third-order valence-corrected chi connectivity index (χ3v) is 3.16. The second kappa shape index (κ2) is 7.87. The van der Waals surface area contributed by atoms with Crippen LogP contribution in [0.3, 0.4) is 0 Å². The molecule has 2 aromatic rings. The van der Waals surface area contributed by atoms with Crippen molar-refractivity contribution in [2.24, 2.45) is 0 Å². The second-order valence-electron chi connectivity index (χ2n) is 4.96. The van der Waals surface area contributed by atoms with Crippen molar-refractivity contribution in [1.29, 1.82) is 0 Å². The zero-order chi connectivity index (χ0) is 16.7. The lowest BCUT2D eigenvalue weighted by molar-refractivity contribution is -0.153. The average Bonchev–Trinajstić information content (AvgIpc) is 2.54. The lowest BCUT2D eigenvalue weighted by atomic mass is 10.2. The first-order valence-corrected chi connectivity index (χ1v) is 7.09. The molecule has 0 radical (unpaired) electrons. The van der Waals surface area contributed by atoms with Crippen molar-refractivity contribution in [3.8, 4) is 11.5 Å². The molecule has 3 nitrogen and oxygen atoms in total. The van der Waals surface area contributed by atoms with E-state index in [1.807, 2.05) is 24.3 Å². The molecule has 0 aliphatic heterocycles. The van der Waals surface area contributed by atoms with Gasteiger partial charge in [-0.2, -0.15) is 13.2 Å². The number of hydrogen-bond donors (Lipinski definition) is 1. The van der Waals surface area contributed by atoms with Crippen LogP contribution in [-0.2, 0) is 13.1 Å². The number of para-hydroxylation sites is 1. The van der Waals surface area contributed by atoms with Crippen molar-refractivity contribution < 1.29 is 22.6 Å². The standard InChI is InChI=1S/C17H18F3NO2/c1-22-16-5-3-2-4-14(16)11-21-10-13-6-8-15(9-7-13)23-12-17(18,19)20/h2-9,21H,10-12H2,1H3. The number of ether oxygens (including phenoxy) is 2. The Morgan fingerprint density at radius 1 is 0.957 bits per heavy atom. The second-order valence-corrected chi connectivity index (χ2v) is 4.96. The lowest BCUT2D eigenvalue weighted by Gasteiger charge is -2.11. The van der Waals surface area contributed by atoms with Crippen LogP contribution in [0.4, 0.5) is 13.2 Å². The Labute approximate surface area is 133 Å². The van der Waals surface area contributed by atoms with E-state index in [0.29, 0.717) is 13.1 Å². The van der Waals surface area contributed by atoms with Crippen LogP contribution in [0.15, 0.2) is 48.5 Å². The Balaban J connectivity index is 1.82. The third-order valence-electron chi connectivity index (χ3n) is 3.16. The molecule has 0 aromatic heterocycles. The molecule has 0 heterocycles. The van der Waals surface area contributed by atoms with E-state index in [1.54, 1.807) is 19.2 Å². The number of halogens is 3. The van der Waals surface area contributed by atoms with E-state index in [-0.39, 0.29) is 5.75 Å². The first-order chi connectivity index (χ1) is 11.0. The van der Waals surface area contributed by atoms with Gasteiger partial charge >= 0.3 is 6.18 Å². The van der Waals surface area contributed by atoms with Crippen molar-refractivity contribution in [3.63, 3.8) is 0 Å². The topological polar surface area (TPSA) is 30.5 Å². The first-order valence-electron chi connectivity index (χ1n) is 7.09. The molecular weight excluding hydrogens is 307 g/mol. The number of alkyl halides is 3. The SMILES string of the molecule is COc1ccccc1CNCc1ccc(OCC(F)(F)F)cc1. The molecule has 0 aliphatic rings. The molecule has 0 atom stereocenters. The van der Waals surface area contributed by atoms with Gasteiger partial charge in [0.25, 0.3) is 0 Å². The van der Waals surface area contributed by atoms with Crippen molar-refractivity contribution >= 4 is 0 Å². The minimum atomic E-state index is -4.32. The molecular formula is C17H18F3NO2. The van der Waals surface area contributed by atoms with Gasteiger partial charge in [-0.05, 0) is 23.8 Å². The fraction of sp³-hybridized carbons (Fsp3) is 0.294. The molecule has 2 aromatic carbocycles. The summed E-state index contributed by atoms with van der Waals surface area (Å²) in [6.07, 6.45) is -4.32. The summed E-state index contributed by atoms with van der Waals surface area (Å²) in [4.78, 5) is 0. The Morgan fingerprint density at radius 3 is 2.30 bits per heavy atom. The van der Waals surface area contributed by atoms with Crippen molar-refractivity contribution in [3.05, 3.63) is 59.7 Å². The summed E-state index contributed by atoms with van der Waals surface area (Å²) in [5.74, 6) is 1.02. The monoisotopic (exact) mass is 325 g/mol. The van der Waals surface area contributed by atoms with Crippen LogP contribution >= 0.6 is 0 Å². The van der Waals surface area contributed by atoms with Gasteiger partial charge < -0.3 is 14.8 Å². The highest BCUT2D eigenvalue weighted by molar-refractivity contribution is 5.33.